The molecule has 3 N–H and O–H groups in total. The molecule has 122 valence electrons. The second-order valence-corrected chi connectivity index (χ2v) is 6.80. The highest BCUT2D eigenvalue weighted by Gasteiger charge is 2.37. The molecule has 6 heteroatoms. The molecule has 1 aromatic rings. The van der Waals surface area contributed by atoms with Gasteiger partial charge in [0.2, 0.25) is 5.91 Å². The van der Waals surface area contributed by atoms with Gasteiger partial charge < -0.3 is 15.1 Å². The fourth-order valence-corrected chi connectivity index (χ4v) is 3.39. The van der Waals surface area contributed by atoms with Crippen LogP contribution in [0.5, 0.6) is 0 Å². The van der Waals surface area contributed by atoms with Crippen LogP contribution in [0.4, 0.5) is 0 Å². The molecule has 0 bridgehead atoms. The minimum atomic E-state index is -1.09. The fourth-order valence-electron chi connectivity index (χ4n) is 3.39. The van der Waals surface area contributed by atoms with Crippen LogP contribution in [0.15, 0.2) is 0 Å². The van der Waals surface area contributed by atoms with Crippen LogP contribution in [0.1, 0.15) is 49.6 Å². The van der Waals surface area contributed by atoms with E-state index < -0.39 is 11.7 Å². The van der Waals surface area contributed by atoms with Crippen molar-refractivity contribution in [3.05, 3.63) is 17.0 Å². The molecule has 6 nitrogen and oxygen atoms in total. The number of aliphatic hydroxyl groups excluding tert-OH is 1. The van der Waals surface area contributed by atoms with Crippen molar-refractivity contribution >= 4 is 5.91 Å². The number of H-pyrrole nitrogens is 1. The summed E-state index contributed by atoms with van der Waals surface area (Å²) in [6.07, 6.45) is 5.12. The summed E-state index contributed by atoms with van der Waals surface area (Å²) in [6.45, 7) is 2.33. The molecule has 3 rings (SSSR count). The number of rotatable bonds is 3. The molecule has 1 aliphatic carbocycles. The molecule has 0 spiro atoms. The van der Waals surface area contributed by atoms with Crippen molar-refractivity contribution in [1.82, 2.24) is 15.1 Å². The third-order valence-electron chi connectivity index (χ3n) is 5.07. The second-order valence-electron chi connectivity index (χ2n) is 6.80. The van der Waals surface area contributed by atoms with Crippen LogP contribution in [0, 0.1) is 0 Å². The molecule has 2 heterocycles. The Bertz CT molecular complexity index is 553. The maximum atomic E-state index is 12.3. The lowest BCUT2D eigenvalue weighted by Gasteiger charge is -2.40. The van der Waals surface area contributed by atoms with Crippen molar-refractivity contribution in [2.75, 3.05) is 13.1 Å². The number of aromatic nitrogens is 2. The predicted octanol–water partition coefficient (Wildman–Crippen LogP) is 0.565. The first-order valence-electron chi connectivity index (χ1n) is 8.20. The number of hydrogen-bond acceptors (Lipinski definition) is 4. The topological polar surface area (TPSA) is 89.5 Å². The number of piperidine rings is 1. The summed E-state index contributed by atoms with van der Waals surface area (Å²) < 4.78 is 0. The zero-order valence-electron chi connectivity index (χ0n) is 13.1. The summed E-state index contributed by atoms with van der Waals surface area (Å²) in [5, 5.41) is 27.3. The summed E-state index contributed by atoms with van der Waals surface area (Å²) in [5.41, 5.74) is 2.48. The number of β-amino-alcohol motifs (C(OH)–C–C–N with tert-alkyl or cyclic N) is 1. The van der Waals surface area contributed by atoms with Gasteiger partial charge in [0.25, 0.3) is 0 Å². The Morgan fingerprint density at radius 1 is 1.45 bits per heavy atom. The third kappa shape index (κ3) is 3.03. The molecule has 1 saturated heterocycles. The average molecular weight is 307 g/mol. The van der Waals surface area contributed by atoms with E-state index >= 15 is 0 Å². The molecule has 2 atom stereocenters. The SMILES string of the molecule is C[C@@]1(O)CCN(C(=O)CCc2n[nH]c3c2CCCC3)C[C@@H]1O. The highest BCUT2D eigenvalue weighted by molar-refractivity contribution is 5.76. The van der Waals surface area contributed by atoms with E-state index in [-0.39, 0.29) is 12.5 Å². The second kappa shape index (κ2) is 6.01. The van der Waals surface area contributed by atoms with Crippen molar-refractivity contribution < 1.29 is 15.0 Å². The minimum absolute atomic E-state index is 0.0297. The quantitative estimate of drug-likeness (QED) is 0.761. The van der Waals surface area contributed by atoms with Crippen LogP contribution in [0.2, 0.25) is 0 Å². The lowest BCUT2D eigenvalue weighted by molar-refractivity contribution is -0.146. The van der Waals surface area contributed by atoms with Crippen LogP contribution in [0.3, 0.4) is 0 Å². The van der Waals surface area contributed by atoms with Gasteiger partial charge in [-0.15, -0.1) is 0 Å². The summed E-state index contributed by atoms with van der Waals surface area (Å²) in [4.78, 5) is 14.0. The van der Waals surface area contributed by atoms with Gasteiger partial charge in [-0.3, -0.25) is 9.89 Å². The van der Waals surface area contributed by atoms with Gasteiger partial charge in [0, 0.05) is 31.6 Å². The zero-order valence-corrected chi connectivity index (χ0v) is 13.1. The Labute approximate surface area is 130 Å². The highest BCUT2D eigenvalue weighted by Crippen LogP contribution is 2.25. The summed E-state index contributed by atoms with van der Waals surface area (Å²) >= 11 is 0. The fraction of sp³-hybridized carbons (Fsp3) is 0.750. The first-order chi connectivity index (χ1) is 10.5. The molecule has 1 amide bonds. The van der Waals surface area contributed by atoms with Gasteiger partial charge in [-0.1, -0.05) is 0 Å². The van der Waals surface area contributed by atoms with Crippen LogP contribution in [-0.4, -0.2) is 56.0 Å². The molecule has 0 unspecified atom stereocenters. The molecule has 0 saturated carbocycles. The van der Waals surface area contributed by atoms with Crippen molar-refractivity contribution in [2.24, 2.45) is 0 Å². The van der Waals surface area contributed by atoms with Gasteiger partial charge in [0.05, 0.1) is 17.4 Å². The molecule has 1 fully saturated rings. The Morgan fingerprint density at radius 3 is 3.00 bits per heavy atom. The van der Waals surface area contributed by atoms with Crippen LogP contribution >= 0.6 is 0 Å². The largest absolute Gasteiger partial charge is 0.388 e. The number of fused-ring (bicyclic) bond motifs is 1. The van der Waals surface area contributed by atoms with E-state index in [1.807, 2.05) is 0 Å². The van der Waals surface area contributed by atoms with Crippen molar-refractivity contribution in [3.63, 3.8) is 0 Å². The Kier molecular flexibility index (Phi) is 4.23. The number of hydrogen-bond donors (Lipinski definition) is 3. The lowest BCUT2D eigenvalue weighted by atomic mass is 9.90. The number of aryl methyl sites for hydroxylation is 2. The van der Waals surface area contributed by atoms with E-state index in [1.54, 1.807) is 11.8 Å². The monoisotopic (exact) mass is 307 g/mol. The standard InChI is InChI=1S/C16H25N3O3/c1-16(22)8-9-19(10-14(16)20)15(21)7-6-13-11-4-2-3-5-12(11)17-18-13/h14,20,22H,2-10H2,1H3,(H,17,18)/t14-,16+/m0/s1. The van der Waals surface area contributed by atoms with Gasteiger partial charge >= 0.3 is 0 Å². The summed E-state index contributed by atoms with van der Waals surface area (Å²) in [6, 6.07) is 0. The third-order valence-corrected chi connectivity index (χ3v) is 5.07. The Balaban J connectivity index is 1.56. The van der Waals surface area contributed by atoms with Gasteiger partial charge in [-0.2, -0.15) is 5.10 Å². The summed E-state index contributed by atoms with van der Waals surface area (Å²) in [7, 11) is 0. The number of nitrogens with one attached hydrogen (secondary N) is 1. The molecule has 0 radical (unpaired) electrons. The van der Waals surface area contributed by atoms with Crippen LogP contribution in [-0.2, 0) is 24.1 Å². The van der Waals surface area contributed by atoms with Gasteiger partial charge in [-0.25, -0.2) is 0 Å². The highest BCUT2D eigenvalue weighted by atomic mass is 16.3. The van der Waals surface area contributed by atoms with Crippen molar-refractivity contribution in [2.45, 2.75) is 63.6 Å². The average Bonchev–Trinajstić information content (AvgIpc) is 2.91. The van der Waals surface area contributed by atoms with Crippen LogP contribution in [0.25, 0.3) is 0 Å². The molecule has 1 aromatic heterocycles. The Hall–Kier alpha value is -1.40. The molecule has 0 aromatic carbocycles. The van der Waals surface area contributed by atoms with E-state index in [1.165, 1.54) is 24.1 Å². The lowest BCUT2D eigenvalue weighted by Crippen LogP contribution is -2.55. The van der Waals surface area contributed by atoms with Gasteiger partial charge in [0.1, 0.15) is 0 Å². The van der Waals surface area contributed by atoms with Crippen LogP contribution < -0.4 is 0 Å². The number of carbonyl (C=O) groups excluding carboxylic acids is 1. The molecular formula is C16H25N3O3. The van der Waals surface area contributed by atoms with E-state index in [0.717, 1.165) is 18.5 Å². The van der Waals surface area contributed by atoms with Crippen molar-refractivity contribution in [1.29, 1.82) is 0 Å². The molecular weight excluding hydrogens is 282 g/mol. The van der Waals surface area contributed by atoms with Gasteiger partial charge in [0.15, 0.2) is 0 Å². The maximum Gasteiger partial charge on any atom is 0.223 e. The minimum Gasteiger partial charge on any atom is -0.388 e. The maximum absolute atomic E-state index is 12.3. The van der Waals surface area contributed by atoms with E-state index in [9.17, 15) is 15.0 Å². The number of aliphatic hydroxyl groups is 2. The number of carbonyl (C=O) groups is 1. The number of nitrogens with zero attached hydrogens (tertiary/aromatic N) is 2. The van der Waals surface area contributed by atoms with E-state index in [2.05, 4.69) is 10.2 Å². The number of likely N-dealkylation sites (tertiary alicyclic amines) is 1. The molecule has 2 aliphatic rings. The first-order valence-corrected chi connectivity index (χ1v) is 8.20. The number of amides is 1. The Morgan fingerprint density at radius 2 is 2.23 bits per heavy atom. The molecule has 1 aliphatic heterocycles. The van der Waals surface area contributed by atoms with E-state index in [4.69, 9.17) is 0 Å². The normalized spacial score (nSPS) is 28.5. The smallest absolute Gasteiger partial charge is 0.223 e. The number of aromatic amines is 1. The predicted molar refractivity (Wildman–Crippen MR) is 81.4 cm³/mol. The molecule has 22 heavy (non-hydrogen) atoms. The summed E-state index contributed by atoms with van der Waals surface area (Å²) in [5.74, 6) is 0.0297. The van der Waals surface area contributed by atoms with Crippen molar-refractivity contribution in [3.8, 4) is 0 Å². The van der Waals surface area contributed by atoms with E-state index in [0.29, 0.717) is 25.8 Å². The zero-order chi connectivity index (χ0) is 15.7. The first kappa shape index (κ1) is 15.5. The van der Waals surface area contributed by atoms with Gasteiger partial charge in [-0.05, 0) is 44.6 Å².